The van der Waals surface area contributed by atoms with Gasteiger partial charge in [-0.3, -0.25) is 14.4 Å². The lowest BCUT2D eigenvalue weighted by molar-refractivity contribution is 0.583. The van der Waals surface area contributed by atoms with Crippen LogP contribution in [-0.4, -0.2) is 24.8 Å². The van der Waals surface area contributed by atoms with Gasteiger partial charge in [-0.25, -0.2) is 18.5 Å². The van der Waals surface area contributed by atoms with Gasteiger partial charge in [0.2, 0.25) is 5.95 Å². The molecule has 2 heterocycles. The van der Waals surface area contributed by atoms with Gasteiger partial charge < -0.3 is 10.3 Å². The molecule has 2 aromatic heterocycles. The number of anilines is 2. The number of aliphatic imine (C=N–C) groups is 1. The van der Waals surface area contributed by atoms with Gasteiger partial charge in [-0.2, -0.15) is 4.98 Å². The van der Waals surface area contributed by atoms with E-state index >= 15 is 0 Å². The first-order chi connectivity index (χ1) is 19.0. The van der Waals surface area contributed by atoms with E-state index in [1.807, 2.05) is 39.8 Å². The lowest BCUT2D eigenvalue weighted by Crippen LogP contribution is -2.43. The highest BCUT2D eigenvalue weighted by Gasteiger charge is 2.18. The molecule has 0 spiro atoms. The molecule has 208 valence electrons. The Morgan fingerprint density at radius 3 is 2.45 bits per heavy atom. The summed E-state index contributed by atoms with van der Waals surface area (Å²) in [6.07, 6.45) is 2.13. The molecular formula is C29H32FN6O3P. The number of pyridine rings is 1. The van der Waals surface area contributed by atoms with Crippen LogP contribution in [0.25, 0.3) is 0 Å². The van der Waals surface area contributed by atoms with Gasteiger partial charge in [-0.1, -0.05) is 19.1 Å². The van der Waals surface area contributed by atoms with Crippen molar-refractivity contribution in [2.45, 2.75) is 54.1 Å². The highest BCUT2D eigenvalue weighted by molar-refractivity contribution is 7.27. The van der Waals surface area contributed by atoms with E-state index in [0.29, 0.717) is 28.5 Å². The third kappa shape index (κ3) is 6.18. The molecule has 4 aromatic rings. The number of nitrogens with one attached hydrogen (secondary N) is 2. The maximum absolute atomic E-state index is 14.6. The number of nitrogens with zero attached hydrogens (tertiary/aromatic N) is 4. The molecule has 0 aliphatic carbocycles. The summed E-state index contributed by atoms with van der Waals surface area (Å²) in [5.41, 5.74) is 3.79. The zero-order valence-electron chi connectivity index (χ0n) is 23.1. The summed E-state index contributed by atoms with van der Waals surface area (Å²) >= 11 is 0. The molecule has 0 amide bonds. The minimum absolute atomic E-state index is 0.0123. The van der Waals surface area contributed by atoms with Gasteiger partial charge in [-0.15, -0.1) is 9.24 Å². The van der Waals surface area contributed by atoms with Crippen LogP contribution < -0.4 is 27.6 Å². The molecule has 0 saturated carbocycles. The molecule has 1 unspecified atom stereocenters. The maximum atomic E-state index is 14.6. The summed E-state index contributed by atoms with van der Waals surface area (Å²) in [5.74, 6) is -0.413. The van der Waals surface area contributed by atoms with Gasteiger partial charge in [-0.05, 0) is 80.6 Å². The van der Waals surface area contributed by atoms with E-state index in [4.69, 9.17) is 0 Å². The second-order valence-electron chi connectivity index (χ2n) is 9.84. The summed E-state index contributed by atoms with van der Waals surface area (Å²) in [7, 11) is 2.37. The van der Waals surface area contributed by atoms with E-state index in [9.17, 15) is 18.8 Å². The lowest BCUT2D eigenvalue weighted by Gasteiger charge is -2.18. The first-order valence-corrected chi connectivity index (χ1v) is 13.4. The average Bonchev–Trinajstić information content (AvgIpc) is 2.89. The molecular weight excluding hydrogens is 530 g/mol. The molecule has 40 heavy (non-hydrogen) atoms. The Balaban J connectivity index is 1.88. The van der Waals surface area contributed by atoms with Crippen molar-refractivity contribution in [1.29, 1.82) is 0 Å². The van der Waals surface area contributed by atoms with Gasteiger partial charge in [0.05, 0.1) is 18.8 Å². The minimum atomic E-state index is -0.813. The maximum Gasteiger partial charge on any atom is 0.355 e. The van der Waals surface area contributed by atoms with Crippen LogP contribution in [0.1, 0.15) is 48.6 Å². The van der Waals surface area contributed by atoms with Gasteiger partial charge in [0.25, 0.3) is 5.56 Å². The molecule has 0 aliphatic rings. The van der Waals surface area contributed by atoms with Crippen molar-refractivity contribution in [2.24, 2.45) is 4.99 Å². The van der Waals surface area contributed by atoms with Crippen LogP contribution in [0, 0.1) is 19.7 Å². The predicted molar refractivity (Wildman–Crippen MR) is 161 cm³/mol. The molecule has 1 atom stereocenters. The fraction of sp³-hybridized carbons (Fsp3) is 0.276. The normalized spacial score (nSPS) is 11.0. The lowest BCUT2D eigenvalue weighted by atomic mass is 10.1. The summed E-state index contributed by atoms with van der Waals surface area (Å²) in [6, 6.07) is 10.1. The fourth-order valence-corrected chi connectivity index (χ4v) is 4.55. The Bertz CT molecular complexity index is 1780. The second kappa shape index (κ2) is 11.9. The molecule has 4 rings (SSSR count). The smallest absolute Gasteiger partial charge is 0.329 e. The third-order valence-corrected chi connectivity index (χ3v) is 7.24. The number of aromatic amines is 1. The number of aromatic nitrogens is 4. The standard InChI is InChI=1S/C29H32FN6O3P/c1-6-20-13-23(32-16(2)3)17(4)11-24(20)33-27-34-28(38)36(15-21-8-7-9-31-26(21)37)29(39)35(27)14-19-10-18(5)25(40)22(30)12-19/h7-13H,6,14-15,40H2,1-5H3,(H,31,37)(H,33,34,38). The number of halogens is 1. The summed E-state index contributed by atoms with van der Waals surface area (Å²) in [4.78, 5) is 50.5. The Morgan fingerprint density at radius 1 is 1.05 bits per heavy atom. The van der Waals surface area contributed by atoms with E-state index < -0.39 is 22.8 Å². The van der Waals surface area contributed by atoms with Crippen LogP contribution in [0.4, 0.5) is 21.7 Å². The van der Waals surface area contributed by atoms with Gasteiger partial charge in [0.1, 0.15) is 5.82 Å². The van der Waals surface area contributed by atoms with E-state index in [1.54, 1.807) is 19.1 Å². The third-order valence-electron chi connectivity index (χ3n) is 6.51. The SMILES string of the molecule is CCc1cc(N=C(C)C)c(C)cc1Nc1nc(=O)n(Cc2ccc[nH]c2=O)c(=O)n1Cc1cc(C)c(P)c(F)c1. The van der Waals surface area contributed by atoms with Gasteiger partial charge in [0.15, 0.2) is 0 Å². The summed E-state index contributed by atoms with van der Waals surface area (Å²) in [6.45, 7) is 9.22. The first kappa shape index (κ1) is 28.8. The predicted octanol–water partition coefficient (Wildman–Crippen LogP) is 3.86. The van der Waals surface area contributed by atoms with Crippen molar-refractivity contribution in [2.75, 3.05) is 5.32 Å². The van der Waals surface area contributed by atoms with Crippen molar-refractivity contribution in [1.82, 2.24) is 19.1 Å². The molecule has 0 saturated heterocycles. The van der Waals surface area contributed by atoms with Crippen molar-refractivity contribution in [3.05, 3.63) is 108 Å². The van der Waals surface area contributed by atoms with Crippen LogP contribution in [0.2, 0.25) is 0 Å². The molecule has 0 aliphatic heterocycles. The Hall–Kier alpha value is -4.17. The first-order valence-electron chi connectivity index (χ1n) is 12.8. The zero-order valence-corrected chi connectivity index (χ0v) is 24.3. The Morgan fingerprint density at radius 2 is 1.80 bits per heavy atom. The van der Waals surface area contributed by atoms with Crippen molar-refractivity contribution >= 4 is 37.6 Å². The van der Waals surface area contributed by atoms with Gasteiger partial charge >= 0.3 is 11.4 Å². The number of aryl methyl sites for hydroxylation is 3. The largest absolute Gasteiger partial charge is 0.355 e. The van der Waals surface area contributed by atoms with Crippen LogP contribution >= 0.6 is 9.24 Å². The molecule has 9 nitrogen and oxygen atoms in total. The number of H-pyrrole nitrogens is 1. The number of benzene rings is 2. The van der Waals surface area contributed by atoms with E-state index in [1.165, 1.54) is 22.9 Å². The zero-order chi connectivity index (χ0) is 29.1. The van der Waals surface area contributed by atoms with Gasteiger partial charge in [0, 0.05) is 28.5 Å². The Labute approximate surface area is 233 Å². The van der Waals surface area contributed by atoms with E-state index in [2.05, 4.69) is 29.5 Å². The molecule has 0 radical (unpaired) electrons. The summed E-state index contributed by atoms with van der Waals surface area (Å²) in [5, 5.41) is 3.62. The van der Waals surface area contributed by atoms with Crippen molar-refractivity contribution in [3.63, 3.8) is 0 Å². The quantitative estimate of drug-likeness (QED) is 0.250. The average molecular weight is 563 g/mol. The fourth-order valence-electron chi connectivity index (χ4n) is 4.38. The molecule has 0 fully saturated rings. The van der Waals surface area contributed by atoms with Crippen molar-refractivity contribution < 1.29 is 4.39 Å². The molecule has 11 heteroatoms. The number of hydrogen-bond acceptors (Lipinski definition) is 6. The van der Waals surface area contributed by atoms with Crippen molar-refractivity contribution in [3.8, 4) is 0 Å². The number of rotatable bonds is 8. The van der Waals surface area contributed by atoms with Crippen LogP contribution in [0.15, 0.2) is 62.0 Å². The van der Waals surface area contributed by atoms with Crippen LogP contribution in [-0.2, 0) is 19.5 Å². The molecule has 0 bridgehead atoms. The van der Waals surface area contributed by atoms with Crippen LogP contribution in [0.3, 0.4) is 0 Å². The Kier molecular flexibility index (Phi) is 8.59. The highest BCUT2D eigenvalue weighted by atomic mass is 31.0. The monoisotopic (exact) mass is 562 g/mol. The van der Waals surface area contributed by atoms with E-state index in [0.717, 1.165) is 27.1 Å². The molecule has 2 aromatic carbocycles. The van der Waals surface area contributed by atoms with Crippen LogP contribution in [0.5, 0.6) is 0 Å². The minimum Gasteiger partial charge on any atom is -0.329 e. The second-order valence-corrected chi connectivity index (χ2v) is 10.4. The topological polar surface area (TPSA) is 114 Å². The highest BCUT2D eigenvalue weighted by Crippen LogP contribution is 2.29. The number of hydrogen-bond donors (Lipinski definition) is 2. The van der Waals surface area contributed by atoms with E-state index in [-0.39, 0.29) is 24.6 Å². The summed E-state index contributed by atoms with van der Waals surface area (Å²) < 4.78 is 16.8. The molecule has 2 N–H and O–H groups in total.